The largest absolute Gasteiger partial charge is 0.495 e. The Labute approximate surface area is 112 Å². The molecule has 2 rings (SSSR count). The number of hydrogen-bond donors (Lipinski definition) is 1. The summed E-state index contributed by atoms with van der Waals surface area (Å²) in [6, 6.07) is 5.42. The number of hydrogen-bond acceptors (Lipinski definition) is 3. The molecule has 0 radical (unpaired) electrons. The first-order chi connectivity index (χ1) is 9.01. The van der Waals surface area contributed by atoms with E-state index >= 15 is 0 Å². The number of halogens is 3. The number of nitrogens with two attached hydrogens (primary N) is 1. The Morgan fingerprint density at radius 2 is 1.68 bits per heavy atom. The Bertz CT molecular complexity index is 619. The number of ether oxygens (including phenoxy) is 1. The minimum atomic E-state index is -0.624. The van der Waals surface area contributed by atoms with Crippen LogP contribution in [-0.2, 0) is 0 Å². The molecule has 0 saturated carbocycles. The average Bonchev–Trinajstić information content (AvgIpc) is 2.37. The molecule has 0 aliphatic rings. The lowest BCUT2D eigenvalue weighted by atomic mass is 10.3. The van der Waals surface area contributed by atoms with Crippen LogP contribution in [-0.4, -0.2) is 7.11 Å². The second-order valence-electron chi connectivity index (χ2n) is 3.70. The molecule has 0 aromatic heterocycles. The van der Waals surface area contributed by atoms with Crippen molar-refractivity contribution in [1.82, 2.24) is 0 Å². The number of benzene rings is 2. The number of rotatable bonds is 3. The zero-order valence-corrected chi connectivity index (χ0v) is 10.7. The van der Waals surface area contributed by atoms with Crippen LogP contribution in [0.25, 0.3) is 0 Å². The van der Waals surface area contributed by atoms with E-state index in [1.54, 1.807) is 0 Å². The van der Waals surface area contributed by atoms with Gasteiger partial charge >= 0.3 is 0 Å². The fourth-order valence-corrected chi connectivity index (χ4v) is 2.38. The third-order valence-electron chi connectivity index (χ3n) is 2.40. The van der Waals surface area contributed by atoms with Crippen LogP contribution < -0.4 is 10.5 Å². The van der Waals surface area contributed by atoms with Gasteiger partial charge in [0.1, 0.15) is 23.2 Å². The molecule has 0 heterocycles. The Morgan fingerprint density at radius 1 is 1.00 bits per heavy atom. The van der Waals surface area contributed by atoms with Gasteiger partial charge in [0.05, 0.1) is 22.6 Å². The Hall–Kier alpha value is -1.82. The third kappa shape index (κ3) is 2.96. The quantitative estimate of drug-likeness (QED) is 0.870. The summed E-state index contributed by atoms with van der Waals surface area (Å²) in [5.41, 5.74) is 5.68. The highest BCUT2D eigenvalue weighted by Crippen LogP contribution is 2.36. The Kier molecular flexibility index (Phi) is 3.90. The second-order valence-corrected chi connectivity index (χ2v) is 4.79. The van der Waals surface area contributed by atoms with Gasteiger partial charge in [-0.25, -0.2) is 13.2 Å². The Balaban J connectivity index is 2.40. The van der Waals surface area contributed by atoms with Crippen LogP contribution in [0.5, 0.6) is 5.75 Å². The van der Waals surface area contributed by atoms with Crippen LogP contribution in [0, 0.1) is 17.5 Å². The number of methoxy groups -OCH3 is 1. The van der Waals surface area contributed by atoms with Crippen LogP contribution in [0.1, 0.15) is 0 Å². The molecule has 0 aliphatic heterocycles. The van der Waals surface area contributed by atoms with Crippen LogP contribution in [0.3, 0.4) is 0 Å². The van der Waals surface area contributed by atoms with E-state index in [0.29, 0.717) is 0 Å². The highest BCUT2D eigenvalue weighted by molar-refractivity contribution is 7.99. The van der Waals surface area contributed by atoms with Gasteiger partial charge in [-0.05, 0) is 24.3 Å². The highest BCUT2D eigenvalue weighted by Gasteiger charge is 2.12. The van der Waals surface area contributed by atoms with Crippen molar-refractivity contribution in [3.05, 3.63) is 47.8 Å². The smallest absolute Gasteiger partial charge is 0.143 e. The summed E-state index contributed by atoms with van der Waals surface area (Å²) in [5.74, 6) is -1.55. The van der Waals surface area contributed by atoms with E-state index in [1.165, 1.54) is 13.2 Å². The van der Waals surface area contributed by atoms with E-state index in [1.807, 2.05) is 0 Å². The topological polar surface area (TPSA) is 35.2 Å². The first-order valence-corrected chi connectivity index (χ1v) is 6.09. The van der Waals surface area contributed by atoms with E-state index in [9.17, 15) is 13.2 Å². The molecule has 0 fully saturated rings. The molecular formula is C13H10F3NOS. The summed E-state index contributed by atoms with van der Waals surface area (Å²) in [6.07, 6.45) is 0. The lowest BCUT2D eigenvalue weighted by Gasteiger charge is -2.09. The first kappa shape index (κ1) is 13.6. The van der Waals surface area contributed by atoms with Gasteiger partial charge in [-0.1, -0.05) is 11.8 Å². The average molecular weight is 285 g/mol. The molecule has 6 heteroatoms. The molecule has 0 spiro atoms. The molecule has 100 valence electrons. The van der Waals surface area contributed by atoms with Gasteiger partial charge in [0.15, 0.2) is 0 Å². The second kappa shape index (κ2) is 5.44. The summed E-state index contributed by atoms with van der Waals surface area (Å²) >= 11 is 0.768. The van der Waals surface area contributed by atoms with Gasteiger partial charge in [0.25, 0.3) is 0 Å². The molecule has 2 aromatic carbocycles. The van der Waals surface area contributed by atoms with Crippen LogP contribution in [0.15, 0.2) is 40.1 Å². The van der Waals surface area contributed by atoms with Crippen LogP contribution in [0.2, 0.25) is 0 Å². The lowest BCUT2D eigenvalue weighted by Crippen LogP contribution is -1.95. The van der Waals surface area contributed by atoms with E-state index in [2.05, 4.69) is 0 Å². The van der Waals surface area contributed by atoms with Gasteiger partial charge in [0, 0.05) is 6.07 Å². The third-order valence-corrected chi connectivity index (χ3v) is 3.46. The summed E-state index contributed by atoms with van der Waals surface area (Å²) in [6.45, 7) is 0. The van der Waals surface area contributed by atoms with Gasteiger partial charge in [-0.3, -0.25) is 0 Å². The molecule has 0 bridgehead atoms. The van der Waals surface area contributed by atoms with Gasteiger partial charge < -0.3 is 10.5 Å². The monoisotopic (exact) mass is 285 g/mol. The van der Waals surface area contributed by atoms with Crippen molar-refractivity contribution in [3.8, 4) is 5.75 Å². The van der Waals surface area contributed by atoms with Gasteiger partial charge in [-0.2, -0.15) is 0 Å². The fourth-order valence-electron chi connectivity index (χ4n) is 1.48. The van der Waals surface area contributed by atoms with Crippen molar-refractivity contribution in [2.45, 2.75) is 9.79 Å². The lowest BCUT2D eigenvalue weighted by molar-refractivity contribution is 0.414. The number of anilines is 1. The highest BCUT2D eigenvalue weighted by atomic mass is 32.2. The molecule has 2 N–H and O–H groups in total. The van der Waals surface area contributed by atoms with E-state index in [4.69, 9.17) is 10.5 Å². The van der Waals surface area contributed by atoms with E-state index in [0.717, 1.165) is 36.0 Å². The summed E-state index contributed by atoms with van der Waals surface area (Å²) < 4.78 is 45.2. The minimum Gasteiger partial charge on any atom is -0.495 e. The van der Waals surface area contributed by atoms with Crippen molar-refractivity contribution in [3.63, 3.8) is 0 Å². The van der Waals surface area contributed by atoms with E-state index < -0.39 is 17.5 Å². The molecule has 2 aromatic rings. The molecule has 2 nitrogen and oxygen atoms in total. The fraction of sp³-hybridized carbons (Fsp3) is 0.0769. The van der Waals surface area contributed by atoms with Crippen LogP contribution >= 0.6 is 11.8 Å². The SMILES string of the molecule is COc1cc(Sc2cc(F)ccc2F)c(F)cc1N. The van der Waals surface area contributed by atoms with Crippen LogP contribution in [0.4, 0.5) is 18.9 Å². The predicted molar refractivity (Wildman–Crippen MR) is 67.8 cm³/mol. The molecule has 0 saturated heterocycles. The molecule has 0 amide bonds. The zero-order valence-electron chi connectivity index (χ0n) is 9.91. The van der Waals surface area contributed by atoms with Crippen molar-refractivity contribution in [2.75, 3.05) is 12.8 Å². The molecule has 0 atom stereocenters. The minimum absolute atomic E-state index is 0.00859. The maximum atomic E-state index is 13.7. The van der Waals surface area contributed by atoms with Gasteiger partial charge in [-0.15, -0.1) is 0 Å². The zero-order chi connectivity index (χ0) is 14.0. The molecule has 0 unspecified atom stereocenters. The molecule has 19 heavy (non-hydrogen) atoms. The Morgan fingerprint density at radius 3 is 2.37 bits per heavy atom. The standard InChI is InChI=1S/C13H10F3NOS/c1-18-11-6-13(9(16)5-10(11)17)19-12-4-7(14)2-3-8(12)15/h2-6H,17H2,1H3. The maximum Gasteiger partial charge on any atom is 0.143 e. The number of nitrogen functional groups attached to an aromatic ring is 1. The van der Waals surface area contributed by atoms with E-state index in [-0.39, 0.29) is 21.2 Å². The normalized spacial score (nSPS) is 10.5. The maximum absolute atomic E-state index is 13.7. The van der Waals surface area contributed by atoms with Crippen molar-refractivity contribution < 1.29 is 17.9 Å². The summed E-state index contributed by atoms with van der Waals surface area (Å²) in [7, 11) is 1.39. The van der Waals surface area contributed by atoms with Gasteiger partial charge in [0.2, 0.25) is 0 Å². The summed E-state index contributed by atoms with van der Waals surface area (Å²) in [5, 5.41) is 0. The first-order valence-electron chi connectivity index (χ1n) is 5.27. The summed E-state index contributed by atoms with van der Waals surface area (Å²) in [4.78, 5) is 0.0984. The molecular weight excluding hydrogens is 275 g/mol. The molecule has 0 aliphatic carbocycles. The predicted octanol–water partition coefficient (Wildman–Crippen LogP) is 3.85. The van der Waals surface area contributed by atoms with Crippen molar-refractivity contribution in [1.29, 1.82) is 0 Å². The van der Waals surface area contributed by atoms with Crippen molar-refractivity contribution >= 4 is 17.4 Å². The van der Waals surface area contributed by atoms with Crippen molar-refractivity contribution in [2.24, 2.45) is 0 Å².